The minimum atomic E-state index is -0.0634. The molecule has 4 nitrogen and oxygen atoms in total. The Hall–Kier alpha value is -2.53. The van der Waals surface area contributed by atoms with Crippen molar-refractivity contribution in [3.63, 3.8) is 0 Å². The van der Waals surface area contributed by atoms with E-state index in [2.05, 4.69) is 34.3 Å². The first kappa shape index (κ1) is 17.3. The van der Waals surface area contributed by atoms with E-state index in [0.29, 0.717) is 17.3 Å². The Kier molecular flexibility index (Phi) is 5.56. The summed E-state index contributed by atoms with van der Waals surface area (Å²) in [7, 11) is 0. The van der Waals surface area contributed by atoms with Crippen LogP contribution in [-0.2, 0) is 0 Å². The van der Waals surface area contributed by atoms with Gasteiger partial charge in [0.2, 0.25) is 0 Å². The van der Waals surface area contributed by atoms with Crippen LogP contribution >= 0.6 is 11.3 Å². The van der Waals surface area contributed by atoms with Gasteiger partial charge in [-0.05, 0) is 31.0 Å². The number of aryl methyl sites for hydroxylation is 1. The van der Waals surface area contributed by atoms with Crippen molar-refractivity contribution in [3.8, 4) is 10.7 Å². The van der Waals surface area contributed by atoms with Crippen LogP contribution in [0.4, 0.5) is 0 Å². The summed E-state index contributed by atoms with van der Waals surface area (Å²) in [4.78, 5) is 22.1. The first-order valence-corrected chi connectivity index (χ1v) is 9.22. The molecule has 3 rings (SSSR count). The Morgan fingerprint density at radius 1 is 1.16 bits per heavy atom. The van der Waals surface area contributed by atoms with Gasteiger partial charge in [0.1, 0.15) is 9.88 Å². The predicted molar refractivity (Wildman–Crippen MR) is 102 cm³/mol. The molecule has 25 heavy (non-hydrogen) atoms. The van der Waals surface area contributed by atoms with Crippen LogP contribution in [0.5, 0.6) is 0 Å². The second-order valence-corrected chi connectivity index (χ2v) is 6.87. The van der Waals surface area contributed by atoms with Gasteiger partial charge in [-0.1, -0.05) is 43.3 Å². The monoisotopic (exact) mass is 351 g/mol. The lowest BCUT2D eigenvalue weighted by Crippen LogP contribution is -2.28. The van der Waals surface area contributed by atoms with Gasteiger partial charge in [-0.2, -0.15) is 0 Å². The van der Waals surface area contributed by atoms with E-state index in [4.69, 9.17) is 0 Å². The maximum absolute atomic E-state index is 12.6. The van der Waals surface area contributed by atoms with Gasteiger partial charge in [0, 0.05) is 18.7 Å². The normalized spacial score (nSPS) is 11.9. The molecule has 0 radical (unpaired) electrons. The van der Waals surface area contributed by atoms with E-state index in [1.165, 1.54) is 16.9 Å². The average molecular weight is 351 g/mol. The fraction of sp³-hybridized carbons (Fsp3) is 0.250. The second-order valence-electron chi connectivity index (χ2n) is 5.87. The Bertz CT molecular complexity index is 831. The maximum Gasteiger partial charge on any atom is 0.263 e. The number of hydrogen-bond acceptors (Lipinski definition) is 4. The highest BCUT2D eigenvalue weighted by atomic mass is 32.1. The number of pyridine rings is 1. The van der Waals surface area contributed by atoms with E-state index in [1.807, 2.05) is 43.3 Å². The van der Waals surface area contributed by atoms with Gasteiger partial charge in [-0.25, -0.2) is 4.98 Å². The van der Waals surface area contributed by atoms with Crippen LogP contribution < -0.4 is 5.32 Å². The number of aromatic nitrogens is 2. The van der Waals surface area contributed by atoms with Gasteiger partial charge in [0.15, 0.2) is 0 Å². The summed E-state index contributed by atoms with van der Waals surface area (Å²) in [6.45, 7) is 4.63. The van der Waals surface area contributed by atoms with Crippen molar-refractivity contribution in [2.24, 2.45) is 0 Å². The molecule has 0 unspecified atom stereocenters. The topological polar surface area (TPSA) is 54.9 Å². The lowest BCUT2D eigenvalue weighted by atomic mass is 9.96. The largest absolute Gasteiger partial charge is 0.351 e. The van der Waals surface area contributed by atoms with E-state index in [-0.39, 0.29) is 5.91 Å². The highest BCUT2D eigenvalue weighted by molar-refractivity contribution is 7.17. The third kappa shape index (κ3) is 4.12. The molecule has 5 heteroatoms. The number of thiazole rings is 1. The van der Waals surface area contributed by atoms with Gasteiger partial charge in [-0.15, -0.1) is 11.3 Å². The highest BCUT2D eigenvalue weighted by Gasteiger charge is 2.18. The molecule has 0 saturated carbocycles. The van der Waals surface area contributed by atoms with Crippen molar-refractivity contribution in [1.82, 2.24) is 15.3 Å². The number of hydrogen-bond donors (Lipinski definition) is 1. The van der Waals surface area contributed by atoms with Crippen LogP contribution in [0.2, 0.25) is 0 Å². The summed E-state index contributed by atoms with van der Waals surface area (Å²) in [6.07, 6.45) is 2.71. The van der Waals surface area contributed by atoms with E-state index >= 15 is 0 Å². The predicted octanol–water partition coefficient (Wildman–Crippen LogP) is 4.44. The zero-order valence-electron chi connectivity index (χ0n) is 14.4. The Balaban J connectivity index is 1.70. The van der Waals surface area contributed by atoms with Crippen molar-refractivity contribution in [2.75, 3.05) is 6.54 Å². The van der Waals surface area contributed by atoms with E-state index < -0.39 is 0 Å². The van der Waals surface area contributed by atoms with Crippen LogP contribution in [0.25, 0.3) is 10.7 Å². The molecule has 3 aromatic rings. The van der Waals surface area contributed by atoms with E-state index in [9.17, 15) is 4.79 Å². The van der Waals surface area contributed by atoms with Gasteiger partial charge in [0.05, 0.1) is 11.4 Å². The van der Waals surface area contributed by atoms with Crippen molar-refractivity contribution in [2.45, 2.75) is 26.2 Å². The molecule has 0 aliphatic rings. The lowest BCUT2D eigenvalue weighted by Gasteiger charge is -2.16. The molecule has 0 fully saturated rings. The smallest absolute Gasteiger partial charge is 0.263 e. The van der Waals surface area contributed by atoms with Crippen LogP contribution in [0.3, 0.4) is 0 Å². The lowest BCUT2D eigenvalue weighted by molar-refractivity contribution is 0.0954. The van der Waals surface area contributed by atoms with Crippen molar-refractivity contribution >= 4 is 17.2 Å². The standard InChI is InChI=1S/C20H21N3OS/c1-3-15(16-9-5-4-6-10-16)13-22-19(24)18-14(2)23-20(25-18)17-11-7-8-12-21-17/h4-12,15H,3,13H2,1-2H3,(H,22,24)/t15-/m1/s1. The van der Waals surface area contributed by atoms with Crippen molar-refractivity contribution < 1.29 is 4.79 Å². The summed E-state index contributed by atoms with van der Waals surface area (Å²) in [6, 6.07) is 16.0. The summed E-state index contributed by atoms with van der Waals surface area (Å²) < 4.78 is 0. The molecule has 2 heterocycles. The van der Waals surface area contributed by atoms with Gasteiger partial charge in [0.25, 0.3) is 5.91 Å². The molecule has 1 atom stereocenters. The minimum absolute atomic E-state index is 0.0634. The van der Waals surface area contributed by atoms with Crippen LogP contribution in [-0.4, -0.2) is 22.4 Å². The van der Waals surface area contributed by atoms with E-state index in [1.54, 1.807) is 6.20 Å². The Labute approximate surface area is 152 Å². The minimum Gasteiger partial charge on any atom is -0.351 e. The second kappa shape index (κ2) is 8.03. The molecule has 2 aromatic heterocycles. The van der Waals surface area contributed by atoms with Crippen LogP contribution in [0.15, 0.2) is 54.7 Å². The van der Waals surface area contributed by atoms with Gasteiger partial charge >= 0.3 is 0 Å². The zero-order valence-corrected chi connectivity index (χ0v) is 15.2. The average Bonchev–Trinajstić information content (AvgIpc) is 3.05. The molecule has 1 amide bonds. The number of nitrogens with one attached hydrogen (secondary N) is 1. The molecule has 1 N–H and O–H groups in total. The molecule has 1 aromatic carbocycles. The molecule has 0 aliphatic carbocycles. The molecule has 0 aliphatic heterocycles. The third-order valence-corrected chi connectivity index (χ3v) is 5.34. The number of carbonyl (C=O) groups is 1. The fourth-order valence-electron chi connectivity index (χ4n) is 2.73. The van der Waals surface area contributed by atoms with Crippen molar-refractivity contribution in [3.05, 3.63) is 70.9 Å². The molecule has 0 spiro atoms. The first-order chi connectivity index (χ1) is 12.2. The zero-order chi connectivity index (χ0) is 17.6. The summed E-state index contributed by atoms with van der Waals surface area (Å²) in [5.74, 6) is 0.250. The van der Waals surface area contributed by atoms with Crippen molar-refractivity contribution in [1.29, 1.82) is 0 Å². The number of amides is 1. The third-order valence-electron chi connectivity index (χ3n) is 4.16. The van der Waals surface area contributed by atoms with E-state index in [0.717, 1.165) is 22.8 Å². The summed E-state index contributed by atoms with van der Waals surface area (Å²) >= 11 is 1.39. The molecule has 0 bridgehead atoms. The molecule has 128 valence electrons. The van der Waals surface area contributed by atoms with Crippen LogP contribution in [0.1, 0.15) is 40.2 Å². The van der Waals surface area contributed by atoms with Gasteiger partial charge < -0.3 is 5.32 Å². The number of carbonyl (C=O) groups excluding carboxylic acids is 1. The highest BCUT2D eigenvalue weighted by Crippen LogP contribution is 2.26. The summed E-state index contributed by atoms with van der Waals surface area (Å²) in [5.41, 5.74) is 2.79. The van der Waals surface area contributed by atoms with Crippen LogP contribution in [0, 0.1) is 6.92 Å². The quantitative estimate of drug-likeness (QED) is 0.714. The molecule has 0 saturated heterocycles. The number of benzene rings is 1. The first-order valence-electron chi connectivity index (χ1n) is 8.41. The fourth-order valence-corrected chi connectivity index (χ4v) is 3.68. The summed E-state index contributed by atoms with van der Waals surface area (Å²) in [5, 5.41) is 3.84. The molecular weight excluding hydrogens is 330 g/mol. The Morgan fingerprint density at radius 3 is 2.60 bits per heavy atom. The Morgan fingerprint density at radius 2 is 1.92 bits per heavy atom. The number of nitrogens with zero attached hydrogens (tertiary/aromatic N) is 2. The van der Waals surface area contributed by atoms with Gasteiger partial charge in [-0.3, -0.25) is 9.78 Å². The SMILES string of the molecule is CC[C@H](CNC(=O)c1sc(-c2ccccn2)nc1C)c1ccccc1. The molecular formula is C20H21N3OS. The number of rotatable bonds is 6. The maximum atomic E-state index is 12.6.